The maximum Gasteiger partial charge on any atom is 0.0577 e. The highest BCUT2D eigenvalue weighted by molar-refractivity contribution is 5.23. The van der Waals surface area contributed by atoms with Crippen molar-refractivity contribution in [3.05, 3.63) is 11.6 Å². The Morgan fingerprint density at radius 3 is 2.77 bits per heavy atom. The summed E-state index contributed by atoms with van der Waals surface area (Å²) >= 11 is 0. The summed E-state index contributed by atoms with van der Waals surface area (Å²) in [5.74, 6) is 4.07. The molecule has 7 unspecified atom stereocenters. The molecule has 0 bridgehead atoms. The molecule has 7 atom stereocenters. The number of fused-ring (bicyclic) bond motifs is 3. The van der Waals surface area contributed by atoms with Gasteiger partial charge in [0.1, 0.15) is 0 Å². The Bertz CT molecular complexity index is 485. The monoisotopic (exact) mass is 362 g/mol. The summed E-state index contributed by atoms with van der Waals surface area (Å²) in [5, 5.41) is 19.3. The summed E-state index contributed by atoms with van der Waals surface area (Å²) in [4.78, 5) is 0. The molecule has 0 spiro atoms. The Hall–Kier alpha value is -0.340. The lowest BCUT2D eigenvalue weighted by atomic mass is 9.54. The van der Waals surface area contributed by atoms with E-state index in [1.54, 1.807) is 5.57 Å². The van der Waals surface area contributed by atoms with Crippen molar-refractivity contribution >= 4 is 0 Å². The van der Waals surface area contributed by atoms with Gasteiger partial charge < -0.3 is 10.2 Å². The summed E-state index contributed by atoms with van der Waals surface area (Å²) in [6.07, 6.45) is 15.8. The molecule has 3 aliphatic carbocycles. The van der Waals surface area contributed by atoms with Crippen LogP contribution in [0.3, 0.4) is 0 Å². The topological polar surface area (TPSA) is 40.5 Å². The van der Waals surface area contributed by atoms with Gasteiger partial charge in [0.15, 0.2) is 0 Å². The number of hydrogen-bond donors (Lipinski definition) is 2. The van der Waals surface area contributed by atoms with Crippen LogP contribution < -0.4 is 0 Å². The van der Waals surface area contributed by atoms with E-state index < -0.39 is 0 Å². The normalized spacial score (nSPS) is 42.5. The minimum Gasteiger partial charge on any atom is -0.396 e. The minimum atomic E-state index is -0.101. The molecule has 26 heavy (non-hydrogen) atoms. The fourth-order valence-electron chi connectivity index (χ4n) is 6.69. The Kier molecular flexibility index (Phi) is 6.88. The Labute approximate surface area is 161 Å². The lowest BCUT2D eigenvalue weighted by Crippen LogP contribution is -2.43. The number of aliphatic hydroxyl groups is 2. The molecule has 2 saturated carbocycles. The molecule has 2 N–H and O–H groups in total. The van der Waals surface area contributed by atoms with E-state index in [1.807, 2.05) is 0 Å². The standard InChI is InChI=1S/C24H42O2/c1-17(6-5-15-25)19-7-4-8-23-22(18(2)9-10-19)12-11-20-16-21(26)13-14-24(20,23)3/h11,17-19,21-23,25-26H,4-10,12-16H2,1-3H3. The highest BCUT2D eigenvalue weighted by atomic mass is 16.3. The van der Waals surface area contributed by atoms with E-state index >= 15 is 0 Å². The van der Waals surface area contributed by atoms with Gasteiger partial charge in [0.2, 0.25) is 0 Å². The molecule has 150 valence electrons. The Morgan fingerprint density at radius 2 is 2.00 bits per heavy atom. The first-order chi connectivity index (χ1) is 12.5. The lowest BCUT2D eigenvalue weighted by molar-refractivity contribution is 0.0308. The Morgan fingerprint density at radius 1 is 1.19 bits per heavy atom. The van der Waals surface area contributed by atoms with Crippen LogP contribution in [0.4, 0.5) is 0 Å². The number of rotatable bonds is 4. The fraction of sp³-hybridized carbons (Fsp3) is 0.917. The third-order valence-corrected chi connectivity index (χ3v) is 8.59. The van der Waals surface area contributed by atoms with Gasteiger partial charge >= 0.3 is 0 Å². The average molecular weight is 363 g/mol. The molecule has 0 saturated heterocycles. The van der Waals surface area contributed by atoms with Crippen LogP contribution in [-0.4, -0.2) is 22.9 Å². The number of aliphatic hydroxyl groups excluding tert-OH is 2. The van der Waals surface area contributed by atoms with Crippen molar-refractivity contribution in [2.45, 2.75) is 97.5 Å². The summed E-state index contributed by atoms with van der Waals surface area (Å²) < 4.78 is 0. The maximum absolute atomic E-state index is 10.2. The van der Waals surface area contributed by atoms with Gasteiger partial charge in [-0.2, -0.15) is 0 Å². The molecule has 3 rings (SSSR count). The maximum atomic E-state index is 10.2. The first-order valence-corrected chi connectivity index (χ1v) is 11.4. The summed E-state index contributed by atoms with van der Waals surface area (Å²) in [5.41, 5.74) is 1.93. The van der Waals surface area contributed by atoms with Crippen LogP contribution in [0.2, 0.25) is 0 Å². The molecule has 0 aromatic heterocycles. The quantitative estimate of drug-likeness (QED) is 0.627. The molecule has 3 aliphatic rings. The summed E-state index contributed by atoms with van der Waals surface area (Å²) in [7, 11) is 0. The zero-order valence-corrected chi connectivity index (χ0v) is 17.4. The zero-order valence-electron chi connectivity index (χ0n) is 17.4. The van der Waals surface area contributed by atoms with Crippen molar-refractivity contribution in [3.63, 3.8) is 0 Å². The highest BCUT2D eigenvalue weighted by Crippen LogP contribution is 2.56. The molecular formula is C24H42O2. The third-order valence-electron chi connectivity index (χ3n) is 8.59. The van der Waals surface area contributed by atoms with E-state index in [0.717, 1.165) is 48.9 Å². The van der Waals surface area contributed by atoms with Crippen LogP contribution >= 0.6 is 0 Å². The van der Waals surface area contributed by atoms with E-state index in [-0.39, 0.29) is 6.10 Å². The second-order valence-corrected chi connectivity index (χ2v) is 10.1. The predicted octanol–water partition coefficient (Wildman–Crippen LogP) is 5.73. The van der Waals surface area contributed by atoms with Gasteiger partial charge in [0, 0.05) is 6.61 Å². The summed E-state index contributed by atoms with van der Waals surface area (Å²) in [6, 6.07) is 0. The molecule has 0 amide bonds. The van der Waals surface area contributed by atoms with Gasteiger partial charge in [0.05, 0.1) is 6.10 Å². The minimum absolute atomic E-state index is 0.101. The Balaban J connectivity index is 1.72. The first-order valence-electron chi connectivity index (χ1n) is 11.4. The predicted molar refractivity (Wildman–Crippen MR) is 109 cm³/mol. The van der Waals surface area contributed by atoms with Crippen molar-refractivity contribution in [2.24, 2.45) is 35.0 Å². The molecule has 2 nitrogen and oxygen atoms in total. The second kappa shape index (κ2) is 8.78. The molecular weight excluding hydrogens is 320 g/mol. The summed E-state index contributed by atoms with van der Waals surface area (Å²) in [6.45, 7) is 7.79. The molecule has 0 aromatic carbocycles. The largest absolute Gasteiger partial charge is 0.396 e. The van der Waals surface area contributed by atoms with E-state index in [1.165, 1.54) is 51.4 Å². The van der Waals surface area contributed by atoms with Gasteiger partial charge in [-0.15, -0.1) is 0 Å². The van der Waals surface area contributed by atoms with Crippen molar-refractivity contribution in [2.75, 3.05) is 6.61 Å². The van der Waals surface area contributed by atoms with Crippen LogP contribution in [0.5, 0.6) is 0 Å². The van der Waals surface area contributed by atoms with Gasteiger partial charge in [-0.1, -0.05) is 51.7 Å². The molecule has 0 radical (unpaired) electrons. The van der Waals surface area contributed by atoms with Crippen LogP contribution in [0.1, 0.15) is 91.4 Å². The molecule has 2 fully saturated rings. The first kappa shape index (κ1) is 20.4. The van der Waals surface area contributed by atoms with E-state index in [9.17, 15) is 10.2 Å². The van der Waals surface area contributed by atoms with Crippen LogP contribution in [0, 0.1) is 35.0 Å². The van der Waals surface area contributed by atoms with Crippen molar-refractivity contribution in [3.8, 4) is 0 Å². The van der Waals surface area contributed by atoms with Crippen molar-refractivity contribution < 1.29 is 10.2 Å². The van der Waals surface area contributed by atoms with Gasteiger partial charge in [-0.3, -0.25) is 0 Å². The number of allylic oxidation sites excluding steroid dienone is 1. The number of hydrogen-bond acceptors (Lipinski definition) is 2. The fourth-order valence-corrected chi connectivity index (χ4v) is 6.69. The lowest BCUT2D eigenvalue weighted by Gasteiger charge is -2.52. The van der Waals surface area contributed by atoms with Crippen LogP contribution in [0.25, 0.3) is 0 Å². The third kappa shape index (κ3) is 4.22. The van der Waals surface area contributed by atoms with E-state index in [2.05, 4.69) is 26.8 Å². The molecule has 0 aliphatic heterocycles. The molecule has 0 heterocycles. The highest BCUT2D eigenvalue weighted by Gasteiger charge is 2.47. The van der Waals surface area contributed by atoms with E-state index in [0.29, 0.717) is 12.0 Å². The van der Waals surface area contributed by atoms with Crippen molar-refractivity contribution in [1.82, 2.24) is 0 Å². The van der Waals surface area contributed by atoms with Gasteiger partial charge in [-0.05, 0) is 86.4 Å². The van der Waals surface area contributed by atoms with Gasteiger partial charge in [0.25, 0.3) is 0 Å². The molecule has 2 heteroatoms. The SMILES string of the molecule is CC(CCCO)C1CCCC2C(CC=C3CC(O)CCC32C)C(C)CC1. The second-order valence-electron chi connectivity index (χ2n) is 10.1. The van der Waals surface area contributed by atoms with Gasteiger partial charge in [-0.25, -0.2) is 0 Å². The van der Waals surface area contributed by atoms with Crippen LogP contribution in [-0.2, 0) is 0 Å². The molecule has 0 aromatic rings. The van der Waals surface area contributed by atoms with Crippen LogP contribution in [0.15, 0.2) is 11.6 Å². The van der Waals surface area contributed by atoms with Crippen molar-refractivity contribution in [1.29, 1.82) is 0 Å². The van der Waals surface area contributed by atoms with E-state index in [4.69, 9.17) is 0 Å². The average Bonchev–Trinajstić information content (AvgIpc) is 2.70. The zero-order chi connectivity index (χ0) is 18.7. The smallest absolute Gasteiger partial charge is 0.0577 e.